The number of hydrogen-bond donors (Lipinski definition) is 0. The Kier molecular flexibility index (Phi) is 10.3. The van der Waals surface area contributed by atoms with Crippen LogP contribution in [0.5, 0.6) is 11.5 Å². The maximum absolute atomic E-state index is 10.4. The van der Waals surface area contributed by atoms with Gasteiger partial charge in [0.1, 0.15) is 17.8 Å². The van der Waals surface area contributed by atoms with E-state index < -0.39 is 0 Å². The van der Waals surface area contributed by atoms with Crippen molar-refractivity contribution in [2.24, 2.45) is 0 Å². The molecular formula is C22H28O3S. The number of rotatable bonds is 7. The summed E-state index contributed by atoms with van der Waals surface area (Å²) in [5.41, 5.74) is 4.09. The van der Waals surface area contributed by atoms with Crippen LogP contribution in [0.3, 0.4) is 0 Å². The molecule has 2 aromatic rings. The smallest absolute Gasteiger partial charge is 0.150 e. The molecule has 2 aromatic carbocycles. The molecule has 0 radical (unpaired) electrons. The summed E-state index contributed by atoms with van der Waals surface area (Å²) in [6.45, 7) is 9.29. The number of benzene rings is 2. The zero-order valence-electron chi connectivity index (χ0n) is 16.2. The van der Waals surface area contributed by atoms with Gasteiger partial charge in [-0.05, 0) is 74.3 Å². The van der Waals surface area contributed by atoms with Crippen LogP contribution in [0.2, 0.25) is 0 Å². The van der Waals surface area contributed by atoms with Gasteiger partial charge in [0.2, 0.25) is 0 Å². The first-order chi connectivity index (χ1) is 12.5. The van der Waals surface area contributed by atoms with Crippen LogP contribution in [-0.4, -0.2) is 25.8 Å². The zero-order valence-corrected chi connectivity index (χ0v) is 17.1. The normalized spacial score (nSPS) is 10.2. The molecule has 0 aromatic heterocycles. The van der Waals surface area contributed by atoms with Gasteiger partial charge in [-0.25, -0.2) is 0 Å². The van der Waals surface area contributed by atoms with E-state index in [1.807, 2.05) is 33.1 Å². The zero-order chi connectivity index (χ0) is 19.4. The summed E-state index contributed by atoms with van der Waals surface area (Å²) in [5.74, 6) is 1.78. The molecule has 0 aliphatic rings. The van der Waals surface area contributed by atoms with Crippen LogP contribution in [0.1, 0.15) is 40.9 Å². The van der Waals surface area contributed by atoms with E-state index in [9.17, 15) is 4.79 Å². The predicted molar refractivity (Wildman–Crippen MR) is 113 cm³/mol. The van der Waals surface area contributed by atoms with Gasteiger partial charge in [-0.2, -0.15) is 0 Å². The second-order valence-electron chi connectivity index (χ2n) is 5.57. The molecule has 0 N–H and O–H groups in total. The fraction of sp³-hybridized carbons (Fsp3) is 0.318. The molecular weight excluding hydrogens is 344 g/mol. The molecule has 140 valence electrons. The van der Waals surface area contributed by atoms with Gasteiger partial charge in [-0.1, -0.05) is 24.3 Å². The molecule has 0 atom stereocenters. The third kappa shape index (κ3) is 7.36. The lowest BCUT2D eigenvalue weighted by Crippen LogP contribution is -1.94. The van der Waals surface area contributed by atoms with Gasteiger partial charge < -0.3 is 9.47 Å². The van der Waals surface area contributed by atoms with Crippen molar-refractivity contribution >= 4 is 24.1 Å². The second kappa shape index (κ2) is 12.2. The van der Waals surface area contributed by atoms with Gasteiger partial charge in [-0.15, -0.1) is 11.8 Å². The average molecular weight is 373 g/mol. The standard InChI is InChI=1S/C12H16OS.C10H12O2/c1-4-13-12-9-11(7-8-14-3)6-5-10(12)2;1-3-12-10-6-9(7-11)5-4-8(10)2/h5-9H,4H2,1-3H3;4-7H,3H2,1-2H3/b8-7+;. The number of ether oxygens (including phenoxy) is 2. The van der Waals surface area contributed by atoms with Crippen LogP contribution in [-0.2, 0) is 0 Å². The van der Waals surface area contributed by atoms with E-state index in [-0.39, 0.29) is 0 Å². The van der Waals surface area contributed by atoms with Crippen LogP contribution in [0.15, 0.2) is 41.8 Å². The third-order valence-corrected chi connectivity index (χ3v) is 3.96. The fourth-order valence-corrected chi connectivity index (χ4v) is 2.47. The van der Waals surface area contributed by atoms with Crippen molar-refractivity contribution in [2.45, 2.75) is 27.7 Å². The lowest BCUT2D eigenvalue weighted by atomic mass is 10.1. The van der Waals surface area contributed by atoms with Crippen molar-refractivity contribution < 1.29 is 14.3 Å². The van der Waals surface area contributed by atoms with Gasteiger partial charge in [0.15, 0.2) is 0 Å². The van der Waals surface area contributed by atoms with Crippen LogP contribution >= 0.6 is 11.8 Å². The lowest BCUT2D eigenvalue weighted by Gasteiger charge is -2.07. The highest BCUT2D eigenvalue weighted by molar-refractivity contribution is 8.01. The Labute approximate surface area is 161 Å². The first-order valence-electron chi connectivity index (χ1n) is 8.67. The molecule has 0 aliphatic heterocycles. The molecule has 3 nitrogen and oxygen atoms in total. The molecule has 4 heteroatoms. The van der Waals surface area contributed by atoms with E-state index in [2.05, 4.69) is 36.6 Å². The van der Waals surface area contributed by atoms with Gasteiger partial charge in [0.05, 0.1) is 13.2 Å². The molecule has 0 saturated carbocycles. The lowest BCUT2D eigenvalue weighted by molar-refractivity contribution is 0.112. The van der Waals surface area contributed by atoms with Gasteiger partial charge in [0, 0.05) is 5.56 Å². The van der Waals surface area contributed by atoms with E-state index >= 15 is 0 Å². The summed E-state index contributed by atoms with van der Waals surface area (Å²) >= 11 is 1.70. The first kappa shape index (κ1) is 21.8. The molecule has 0 spiro atoms. The number of carbonyl (C=O) groups excluding carboxylic acids is 1. The van der Waals surface area contributed by atoms with Crippen molar-refractivity contribution in [3.8, 4) is 11.5 Å². The highest BCUT2D eigenvalue weighted by atomic mass is 32.2. The Morgan fingerprint density at radius 1 is 0.885 bits per heavy atom. The van der Waals surface area contributed by atoms with Crippen molar-refractivity contribution in [1.82, 2.24) is 0 Å². The number of carbonyl (C=O) groups is 1. The van der Waals surface area contributed by atoms with Crippen LogP contribution < -0.4 is 9.47 Å². The van der Waals surface area contributed by atoms with Crippen molar-refractivity contribution in [3.63, 3.8) is 0 Å². The predicted octanol–water partition coefficient (Wildman–Crippen LogP) is 5.93. The average Bonchev–Trinajstić information content (AvgIpc) is 2.65. The molecule has 26 heavy (non-hydrogen) atoms. The van der Waals surface area contributed by atoms with Crippen molar-refractivity contribution in [2.75, 3.05) is 19.5 Å². The van der Waals surface area contributed by atoms with E-state index in [4.69, 9.17) is 9.47 Å². The summed E-state index contributed by atoms with van der Waals surface area (Å²) in [5, 5.41) is 2.07. The highest BCUT2D eigenvalue weighted by Gasteiger charge is 1.99. The SMILES string of the molecule is CCOc1cc(/C=C/SC)ccc1C.CCOc1cc(C=O)ccc1C. The molecule has 2 rings (SSSR count). The molecule has 0 unspecified atom stereocenters. The molecule has 0 fully saturated rings. The molecule has 0 amide bonds. The molecule has 0 heterocycles. The molecule has 0 aliphatic carbocycles. The number of thioether (sulfide) groups is 1. The Balaban J connectivity index is 0.000000263. The number of hydrogen-bond acceptors (Lipinski definition) is 4. The summed E-state index contributed by atoms with van der Waals surface area (Å²) in [6.07, 6.45) is 4.96. The fourth-order valence-electron chi connectivity index (χ4n) is 2.18. The monoisotopic (exact) mass is 372 g/mol. The highest BCUT2D eigenvalue weighted by Crippen LogP contribution is 2.21. The second-order valence-corrected chi connectivity index (χ2v) is 6.32. The van der Waals surface area contributed by atoms with Crippen molar-refractivity contribution in [1.29, 1.82) is 0 Å². The summed E-state index contributed by atoms with van der Waals surface area (Å²) in [4.78, 5) is 10.4. The Morgan fingerprint density at radius 3 is 1.85 bits per heavy atom. The van der Waals surface area contributed by atoms with Gasteiger partial charge >= 0.3 is 0 Å². The van der Waals surface area contributed by atoms with Gasteiger partial charge in [0.25, 0.3) is 0 Å². The van der Waals surface area contributed by atoms with E-state index in [1.54, 1.807) is 23.9 Å². The third-order valence-electron chi connectivity index (χ3n) is 3.56. The minimum absolute atomic E-state index is 0.628. The summed E-state index contributed by atoms with van der Waals surface area (Å²) in [6, 6.07) is 11.7. The van der Waals surface area contributed by atoms with Crippen LogP contribution in [0.25, 0.3) is 6.08 Å². The largest absolute Gasteiger partial charge is 0.494 e. The quantitative estimate of drug-likeness (QED) is 0.564. The van der Waals surface area contributed by atoms with E-state index in [0.717, 1.165) is 30.0 Å². The van der Waals surface area contributed by atoms with Crippen LogP contribution in [0, 0.1) is 13.8 Å². The van der Waals surface area contributed by atoms with E-state index in [0.29, 0.717) is 12.2 Å². The molecule has 0 bridgehead atoms. The number of aldehydes is 1. The minimum Gasteiger partial charge on any atom is -0.494 e. The first-order valence-corrected chi connectivity index (χ1v) is 9.95. The van der Waals surface area contributed by atoms with Gasteiger partial charge in [-0.3, -0.25) is 4.79 Å². The van der Waals surface area contributed by atoms with E-state index in [1.165, 1.54) is 11.1 Å². The Morgan fingerprint density at radius 2 is 1.38 bits per heavy atom. The minimum atomic E-state index is 0.628. The summed E-state index contributed by atoms with van der Waals surface area (Å²) < 4.78 is 10.8. The topological polar surface area (TPSA) is 35.5 Å². The van der Waals surface area contributed by atoms with Crippen molar-refractivity contribution in [3.05, 3.63) is 64.1 Å². The Bertz CT molecular complexity index is 723. The van der Waals surface area contributed by atoms with Crippen LogP contribution in [0.4, 0.5) is 0 Å². The molecule has 0 saturated heterocycles. The Hall–Kier alpha value is -2.20. The number of aryl methyl sites for hydroxylation is 2. The maximum atomic E-state index is 10.4. The maximum Gasteiger partial charge on any atom is 0.150 e. The summed E-state index contributed by atoms with van der Waals surface area (Å²) in [7, 11) is 0.